The summed E-state index contributed by atoms with van der Waals surface area (Å²) in [4.78, 5) is 12.3. The molecule has 0 saturated carbocycles. The molecule has 2 aliphatic heterocycles. The first-order valence-corrected chi connectivity index (χ1v) is 11.6. The maximum atomic E-state index is 12.6. The topological polar surface area (TPSA) is 98.3 Å². The molecule has 0 bridgehead atoms. The third kappa shape index (κ3) is 6.88. The number of rotatable bonds is 10. The average molecular weight is 511 g/mol. The molecule has 2 saturated heterocycles. The molecule has 2 heterocycles. The summed E-state index contributed by atoms with van der Waals surface area (Å²) in [5, 5.41) is 16.5. The number of benzene rings is 2. The van der Waals surface area contributed by atoms with Gasteiger partial charge in [0.25, 0.3) is 0 Å². The lowest BCUT2D eigenvalue weighted by Gasteiger charge is -2.20. The molecule has 2 unspecified atom stereocenters. The summed E-state index contributed by atoms with van der Waals surface area (Å²) >= 11 is 0. The van der Waals surface area contributed by atoms with Crippen molar-refractivity contribution in [3.05, 3.63) is 59.7 Å². The molecule has 8 nitrogen and oxygen atoms in total. The first-order valence-electron chi connectivity index (χ1n) is 11.6. The Bertz CT molecular complexity index is 1020. The molecule has 2 fully saturated rings. The SMILES string of the molecule is COc1ccc(CNC(=O)C[C@@H]2CC3O[C@H](CNCc4ccccc4OC(F)(F)F)[C@@H](O)C3O2)cc1. The van der Waals surface area contributed by atoms with Crippen LogP contribution in [0.15, 0.2) is 48.5 Å². The second-order valence-corrected chi connectivity index (χ2v) is 8.78. The molecular weight excluding hydrogens is 481 g/mol. The van der Waals surface area contributed by atoms with Crippen molar-refractivity contribution in [2.75, 3.05) is 13.7 Å². The van der Waals surface area contributed by atoms with Crippen LogP contribution in [0.3, 0.4) is 0 Å². The van der Waals surface area contributed by atoms with Gasteiger partial charge in [-0.15, -0.1) is 13.2 Å². The number of para-hydroxylation sites is 1. The predicted molar refractivity (Wildman–Crippen MR) is 122 cm³/mol. The number of nitrogens with one attached hydrogen (secondary N) is 2. The molecule has 36 heavy (non-hydrogen) atoms. The number of amides is 1. The monoisotopic (exact) mass is 510 g/mol. The molecule has 1 amide bonds. The van der Waals surface area contributed by atoms with Crippen LogP contribution in [0.4, 0.5) is 13.2 Å². The van der Waals surface area contributed by atoms with Crippen molar-refractivity contribution in [2.24, 2.45) is 0 Å². The van der Waals surface area contributed by atoms with Crippen molar-refractivity contribution in [2.45, 2.75) is 62.8 Å². The third-order valence-electron chi connectivity index (χ3n) is 6.20. The Morgan fingerprint density at radius 1 is 1.11 bits per heavy atom. The Morgan fingerprint density at radius 3 is 2.56 bits per heavy atom. The Balaban J connectivity index is 1.19. The molecule has 11 heteroatoms. The number of methoxy groups -OCH3 is 1. The summed E-state index contributed by atoms with van der Waals surface area (Å²) in [5.41, 5.74) is 1.27. The van der Waals surface area contributed by atoms with Gasteiger partial charge in [-0.1, -0.05) is 30.3 Å². The molecule has 2 aliphatic rings. The van der Waals surface area contributed by atoms with Crippen molar-refractivity contribution in [1.82, 2.24) is 10.6 Å². The highest BCUT2D eigenvalue weighted by Crippen LogP contribution is 2.35. The third-order valence-corrected chi connectivity index (χ3v) is 6.20. The zero-order valence-corrected chi connectivity index (χ0v) is 19.7. The second-order valence-electron chi connectivity index (χ2n) is 8.78. The summed E-state index contributed by atoms with van der Waals surface area (Å²) in [6.45, 7) is 0.698. The number of fused-ring (bicyclic) bond motifs is 1. The fourth-order valence-corrected chi connectivity index (χ4v) is 4.46. The molecule has 0 aromatic heterocycles. The highest BCUT2D eigenvalue weighted by molar-refractivity contribution is 5.76. The van der Waals surface area contributed by atoms with Crippen LogP contribution in [-0.4, -0.2) is 61.6 Å². The standard InChI is InChI=1S/C25H29F3N2O6/c1-33-17-8-6-15(7-9-17)12-30-22(31)11-18-10-20-24(34-18)23(32)21(35-20)14-29-13-16-4-2-3-5-19(16)36-25(26,27)28/h2-9,18,20-21,23-24,29,32H,10-14H2,1H3,(H,30,31)/t18-,20?,21+,23+,24?/m0/s1. The predicted octanol–water partition coefficient (Wildman–Crippen LogP) is 2.68. The van der Waals surface area contributed by atoms with E-state index in [1.54, 1.807) is 13.2 Å². The summed E-state index contributed by atoms with van der Waals surface area (Å²) in [6.07, 6.45) is -6.94. The minimum absolute atomic E-state index is 0.103. The smallest absolute Gasteiger partial charge is 0.497 e. The zero-order valence-electron chi connectivity index (χ0n) is 19.7. The molecule has 2 aromatic rings. The normalized spacial score (nSPS) is 25.4. The number of hydrogen-bond donors (Lipinski definition) is 3. The van der Waals surface area contributed by atoms with Crippen molar-refractivity contribution in [3.8, 4) is 11.5 Å². The quantitative estimate of drug-likeness (QED) is 0.452. The number of aliphatic hydroxyl groups is 1. The number of carbonyl (C=O) groups excluding carboxylic acids is 1. The number of aliphatic hydroxyl groups excluding tert-OH is 1. The Kier molecular flexibility index (Phi) is 8.35. The molecular formula is C25H29F3N2O6. The van der Waals surface area contributed by atoms with Gasteiger partial charge < -0.3 is 34.7 Å². The van der Waals surface area contributed by atoms with Crippen molar-refractivity contribution in [1.29, 1.82) is 0 Å². The molecule has 2 aromatic carbocycles. The average Bonchev–Trinajstić information content (AvgIpc) is 3.36. The Hall–Kier alpha value is -2.86. The van der Waals surface area contributed by atoms with E-state index >= 15 is 0 Å². The summed E-state index contributed by atoms with van der Waals surface area (Å²) in [6, 6.07) is 13.2. The maximum absolute atomic E-state index is 12.6. The lowest BCUT2D eigenvalue weighted by Crippen LogP contribution is -2.39. The van der Waals surface area contributed by atoms with Crippen LogP contribution in [0.2, 0.25) is 0 Å². The van der Waals surface area contributed by atoms with E-state index in [-0.39, 0.29) is 43.4 Å². The van der Waals surface area contributed by atoms with E-state index in [1.807, 2.05) is 24.3 Å². The zero-order chi connectivity index (χ0) is 25.7. The van der Waals surface area contributed by atoms with Crippen LogP contribution in [-0.2, 0) is 27.4 Å². The van der Waals surface area contributed by atoms with E-state index < -0.39 is 24.7 Å². The highest BCUT2D eigenvalue weighted by Gasteiger charge is 2.50. The molecule has 0 spiro atoms. The molecule has 4 rings (SSSR count). The van der Waals surface area contributed by atoms with E-state index in [9.17, 15) is 23.1 Å². The molecule has 3 N–H and O–H groups in total. The second kappa shape index (κ2) is 11.5. The summed E-state index contributed by atoms with van der Waals surface area (Å²) in [7, 11) is 1.59. The van der Waals surface area contributed by atoms with Crippen molar-refractivity contribution in [3.63, 3.8) is 0 Å². The van der Waals surface area contributed by atoms with Gasteiger partial charge in [-0.05, 0) is 23.8 Å². The van der Waals surface area contributed by atoms with E-state index in [4.69, 9.17) is 14.2 Å². The summed E-state index contributed by atoms with van der Waals surface area (Å²) in [5.74, 6) is 0.297. The first-order chi connectivity index (χ1) is 17.2. The van der Waals surface area contributed by atoms with Gasteiger partial charge in [-0.25, -0.2) is 0 Å². The highest BCUT2D eigenvalue weighted by atomic mass is 19.4. The fourth-order valence-electron chi connectivity index (χ4n) is 4.46. The fraction of sp³-hybridized carbons (Fsp3) is 0.480. The van der Waals surface area contributed by atoms with Crippen LogP contribution >= 0.6 is 0 Å². The molecule has 0 aliphatic carbocycles. The number of ether oxygens (including phenoxy) is 4. The lowest BCUT2D eigenvalue weighted by molar-refractivity contribution is -0.274. The first kappa shape index (κ1) is 26.2. The minimum Gasteiger partial charge on any atom is -0.497 e. The molecule has 196 valence electrons. The van der Waals surface area contributed by atoms with Gasteiger partial charge in [0.05, 0.1) is 31.8 Å². The van der Waals surface area contributed by atoms with Crippen LogP contribution in [0.5, 0.6) is 11.5 Å². The van der Waals surface area contributed by atoms with Gasteiger partial charge in [0.15, 0.2) is 0 Å². The van der Waals surface area contributed by atoms with Crippen LogP contribution in [0.1, 0.15) is 24.0 Å². The minimum atomic E-state index is -4.78. The largest absolute Gasteiger partial charge is 0.573 e. The maximum Gasteiger partial charge on any atom is 0.573 e. The number of alkyl halides is 3. The van der Waals surface area contributed by atoms with Crippen molar-refractivity contribution >= 4 is 5.91 Å². The van der Waals surface area contributed by atoms with Gasteiger partial charge in [0, 0.05) is 31.6 Å². The van der Waals surface area contributed by atoms with Crippen LogP contribution < -0.4 is 20.1 Å². The molecule has 0 radical (unpaired) electrons. The van der Waals surface area contributed by atoms with Gasteiger partial charge >= 0.3 is 6.36 Å². The van der Waals surface area contributed by atoms with Crippen molar-refractivity contribution < 1.29 is 42.0 Å². The summed E-state index contributed by atoms with van der Waals surface area (Å²) < 4.78 is 58.8. The number of hydrogen-bond acceptors (Lipinski definition) is 7. The number of halogens is 3. The van der Waals surface area contributed by atoms with Gasteiger partial charge in [-0.3, -0.25) is 4.79 Å². The number of carbonyl (C=O) groups is 1. The lowest BCUT2D eigenvalue weighted by atomic mass is 10.1. The Labute approximate surface area is 206 Å². The van der Waals surface area contributed by atoms with Gasteiger partial charge in [0.1, 0.15) is 23.7 Å². The van der Waals surface area contributed by atoms with Crippen LogP contribution in [0, 0.1) is 0 Å². The van der Waals surface area contributed by atoms with E-state index in [0.29, 0.717) is 18.5 Å². The van der Waals surface area contributed by atoms with E-state index in [1.165, 1.54) is 18.2 Å². The van der Waals surface area contributed by atoms with Gasteiger partial charge in [0.2, 0.25) is 5.91 Å². The Morgan fingerprint density at radius 2 is 1.86 bits per heavy atom. The van der Waals surface area contributed by atoms with Crippen LogP contribution in [0.25, 0.3) is 0 Å². The molecule has 5 atom stereocenters. The van der Waals surface area contributed by atoms with E-state index in [0.717, 1.165) is 11.3 Å². The van der Waals surface area contributed by atoms with Gasteiger partial charge in [-0.2, -0.15) is 0 Å². The van der Waals surface area contributed by atoms with E-state index in [2.05, 4.69) is 15.4 Å².